The Hall–Kier alpha value is -1.69. The standard InChI is InChI=1S/C9H8F2O4/c1-15-4-2-5(10)7(6(11)3-4)8(12)9(13)14/h2-3,8,12H,1H3,(H,13,14). The summed E-state index contributed by atoms with van der Waals surface area (Å²) in [4.78, 5) is 10.3. The van der Waals surface area contributed by atoms with Crippen LogP contribution in [0.2, 0.25) is 0 Å². The van der Waals surface area contributed by atoms with Crippen LogP contribution in [-0.2, 0) is 4.79 Å². The second-order valence-electron chi connectivity index (χ2n) is 2.75. The lowest BCUT2D eigenvalue weighted by Gasteiger charge is -2.09. The highest BCUT2D eigenvalue weighted by atomic mass is 19.1. The smallest absolute Gasteiger partial charge is 0.337 e. The van der Waals surface area contributed by atoms with Crippen molar-refractivity contribution in [1.82, 2.24) is 0 Å². The van der Waals surface area contributed by atoms with E-state index >= 15 is 0 Å². The minimum Gasteiger partial charge on any atom is -0.497 e. The fraction of sp³-hybridized carbons (Fsp3) is 0.222. The number of aliphatic hydroxyl groups excluding tert-OH is 1. The molecule has 0 radical (unpaired) electrons. The van der Waals surface area contributed by atoms with E-state index in [4.69, 9.17) is 10.2 Å². The van der Waals surface area contributed by atoms with Crippen molar-refractivity contribution in [2.24, 2.45) is 0 Å². The van der Waals surface area contributed by atoms with Gasteiger partial charge < -0.3 is 14.9 Å². The number of ether oxygens (including phenoxy) is 1. The SMILES string of the molecule is COc1cc(F)c(C(O)C(=O)O)c(F)c1. The number of aliphatic hydroxyl groups is 1. The normalized spacial score (nSPS) is 12.3. The maximum absolute atomic E-state index is 13.2. The Balaban J connectivity index is 3.25. The van der Waals surface area contributed by atoms with Crippen molar-refractivity contribution in [3.8, 4) is 5.75 Å². The van der Waals surface area contributed by atoms with E-state index in [9.17, 15) is 13.6 Å². The second kappa shape index (κ2) is 4.22. The number of rotatable bonds is 3. The van der Waals surface area contributed by atoms with Gasteiger partial charge in [-0.3, -0.25) is 0 Å². The first-order valence-electron chi connectivity index (χ1n) is 3.91. The number of aliphatic carboxylic acids is 1. The Morgan fingerprint density at radius 3 is 2.20 bits per heavy atom. The Morgan fingerprint density at radius 2 is 1.87 bits per heavy atom. The van der Waals surface area contributed by atoms with Gasteiger partial charge in [-0.05, 0) is 0 Å². The molecule has 0 saturated heterocycles. The minimum atomic E-state index is -2.23. The third kappa shape index (κ3) is 2.21. The van der Waals surface area contributed by atoms with Crippen molar-refractivity contribution in [2.45, 2.75) is 6.10 Å². The topological polar surface area (TPSA) is 66.8 Å². The van der Waals surface area contributed by atoms with Gasteiger partial charge in [-0.1, -0.05) is 0 Å². The van der Waals surface area contributed by atoms with Crippen LogP contribution in [0.25, 0.3) is 0 Å². The van der Waals surface area contributed by atoms with Crippen LogP contribution in [0.3, 0.4) is 0 Å². The molecule has 1 aromatic carbocycles. The van der Waals surface area contributed by atoms with Crippen LogP contribution in [-0.4, -0.2) is 23.3 Å². The van der Waals surface area contributed by atoms with Gasteiger partial charge in [-0.2, -0.15) is 0 Å². The molecule has 1 unspecified atom stereocenters. The van der Waals surface area contributed by atoms with Gasteiger partial charge in [0.25, 0.3) is 0 Å². The molecule has 4 nitrogen and oxygen atoms in total. The molecular formula is C9H8F2O4. The number of benzene rings is 1. The average Bonchev–Trinajstić information content (AvgIpc) is 2.16. The van der Waals surface area contributed by atoms with Gasteiger partial charge >= 0.3 is 5.97 Å². The molecule has 82 valence electrons. The van der Waals surface area contributed by atoms with Gasteiger partial charge in [0.1, 0.15) is 17.4 Å². The summed E-state index contributed by atoms with van der Waals surface area (Å²) in [6.45, 7) is 0. The zero-order chi connectivity index (χ0) is 11.6. The highest BCUT2D eigenvalue weighted by molar-refractivity contribution is 5.74. The molecule has 0 heterocycles. The molecule has 15 heavy (non-hydrogen) atoms. The summed E-state index contributed by atoms with van der Waals surface area (Å²) in [7, 11) is 1.21. The number of carboxylic acid groups (broad SMARTS) is 1. The number of carbonyl (C=O) groups is 1. The van der Waals surface area contributed by atoms with E-state index in [2.05, 4.69) is 4.74 Å². The van der Waals surface area contributed by atoms with Gasteiger partial charge in [-0.15, -0.1) is 0 Å². The summed E-state index contributed by atoms with van der Waals surface area (Å²) in [5.74, 6) is -4.15. The first-order chi connectivity index (χ1) is 6.97. The van der Waals surface area contributed by atoms with Crippen molar-refractivity contribution in [2.75, 3.05) is 7.11 Å². The summed E-state index contributed by atoms with van der Waals surface area (Å²) in [5.41, 5.74) is -0.900. The fourth-order valence-electron chi connectivity index (χ4n) is 1.06. The van der Waals surface area contributed by atoms with E-state index in [0.29, 0.717) is 0 Å². The van der Waals surface area contributed by atoms with E-state index < -0.39 is 29.3 Å². The molecule has 1 aromatic rings. The fourth-order valence-corrected chi connectivity index (χ4v) is 1.06. The van der Waals surface area contributed by atoms with Crippen LogP contribution in [0.5, 0.6) is 5.75 Å². The van der Waals surface area contributed by atoms with Crippen LogP contribution in [0.15, 0.2) is 12.1 Å². The molecule has 1 rings (SSSR count). The van der Waals surface area contributed by atoms with Crippen LogP contribution in [0.4, 0.5) is 8.78 Å². The molecule has 0 spiro atoms. The highest BCUT2D eigenvalue weighted by Gasteiger charge is 2.24. The lowest BCUT2D eigenvalue weighted by Crippen LogP contribution is -2.14. The summed E-state index contributed by atoms with van der Waals surface area (Å²) in [6, 6.07) is 1.59. The average molecular weight is 218 g/mol. The molecule has 0 aliphatic heterocycles. The molecule has 0 aliphatic rings. The van der Waals surface area contributed by atoms with Crippen LogP contribution in [0, 0.1) is 11.6 Å². The van der Waals surface area contributed by atoms with Crippen molar-refractivity contribution in [1.29, 1.82) is 0 Å². The Kier molecular flexibility index (Phi) is 3.21. The van der Waals surface area contributed by atoms with Crippen molar-refractivity contribution in [3.63, 3.8) is 0 Å². The van der Waals surface area contributed by atoms with Gasteiger partial charge in [-0.25, -0.2) is 13.6 Å². The van der Waals surface area contributed by atoms with E-state index in [-0.39, 0.29) is 5.75 Å². The third-order valence-corrected chi connectivity index (χ3v) is 1.80. The van der Waals surface area contributed by atoms with Crippen LogP contribution < -0.4 is 4.74 Å². The van der Waals surface area contributed by atoms with Gasteiger partial charge in [0, 0.05) is 12.1 Å². The quantitative estimate of drug-likeness (QED) is 0.796. The second-order valence-corrected chi connectivity index (χ2v) is 2.75. The van der Waals surface area contributed by atoms with Gasteiger partial charge in [0.2, 0.25) is 0 Å². The highest BCUT2D eigenvalue weighted by Crippen LogP contribution is 2.25. The molecule has 2 N–H and O–H groups in total. The van der Waals surface area contributed by atoms with E-state index in [1.807, 2.05) is 0 Å². The molecule has 0 saturated carbocycles. The summed E-state index contributed by atoms with van der Waals surface area (Å²) < 4.78 is 30.9. The van der Waals surface area contributed by atoms with Gasteiger partial charge in [0.05, 0.1) is 12.7 Å². The van der Waals surface area contributed by atoms with Gasteiger partial charge in [0.15, 0.2) is 6.10 Å². The Labute approximate surface area is 83.7 Å². The summed E-state index contributed by atoms with van der Waals surface area (Å²) in [6.07, 6.45) is -2.23. The largest absolute Gasteiger partial charge is 0.497 e. The molecule has 0 fully saturated rings. The van der Waals surface area contributed by atoms with Crippen LogP contribution >= 0.6 is 0 Å². The molecule has 6 heteroatoms. The van der Waals surface area contributed by atoms with E-state index in [1.165, 1.54) is 7.11 Å². The number of hydrogen-bond donors (Lipinski definition) is 2. The first kappa shape index (κ1) is 11.4. The maximum Gasteiger partial charge on any atom is 0.337 e. The van der Waals surface area contributed by atoms with Crippen LogP contribution in [0.1, 0.15) is 11.7 Å². The zero-order valence-electron chi connectivity index (χ0n) is 7.70. The van der Waals surface area contributed by atoms with E-state index in [0.717, 1.165) is 12.1 Å². The molecule has 0 bridgehead atoms. The van der Waals surface area contributed by atoms with E-state index in [1.54, 1.807) is 0 Å². The van der Waals surface area contributed by atoms with Crippen molar-refractivity contribution >= 4 is 5.97 Å². The number of halogens is 2. The zero-order valence-corrected chi connectivity index (χ0v) is 7.70. The predicted molar refractivity (Wildman–Crippen MR) is 45.5 cm³/mol. The first-order valence-corrected chi connectivity index (χ1v) is 3.91. The lowest BCUT2D eigenvalue weighted by atomic mass is 10.1. The Morgan fingerprint density at radius 1 is 1.40 bits per heavy atom. The summed E-state index contributed by atoms with van der Waals surface area (Å²) in [5, 5.41) is 17.4. The Bertz CT molecular complexity index is 369. The van der Waals surface area contributed by atoms with Crippen molar-refractivity contribution in [3.05, 3.63) is 29.3 Å². The molecular weight excluding hydrogens is 210 g/mol. The molecule has 1 atom stereocenters. The molecule has 0 aromatic heterocycles. The molecule has 0 aliphatic carbocycles. The summed E-state index contributed by atoms with van der Waals surface area (Å²) >= 11 is 0. The lowest BCUT2D eigenvalue weighted by molar-refractivity contribution is -0.147. The third-order valence-electron chi connectivity index (χ3n) is 1.80. The van der Waals surface area contributed by atoms with Crippen molar-refractivity contribution < 1.29 is 28.5 Å². The monoisotopic (exact) mass is 218 g/mol. The number of hydrogen-bond acceptors (Lipinski definition) is 3. The number of carboxylic acids is 1. The maximum atomic E-state index is 13.2. The minimum absolute atomic E-state index is 0.0914. The predicted octanol–water partition coefficient (Wildman–Crippen LogP) is 1.09. The molecule has 0 amide bonds. The number of methoxy groups -OCH3 is 1.